The van der Waals surface area contributed by atoms with Crippen molar-refractivity contribution in [2.45, 2.75) is 18.9 Å². The predicted molar refractivity (Wildman–Crippen MR) is 75.3 cm³/mol. The van der Waals surface area contributed by atoms with Crippen molar-refractivity contribution in [3.63, 3.8) is 0 Å². The van der Waals surface area contributed by atoms with Gasteiger partial charge in [-0.25, -0.2) is 0 Å². The fraction of sp³-hybridized carbons (Fsp3) is 0.333. The normalized spacial score (nSPS) is 14.1. The number of amides is 2. The summed E-state index contributed by atoms with van der Waals surface area (Å²) in [5.41, 5.74) is 0.512. The van der Waals surface area contributed by atoms with E-state index in [4.69, 9.17) is 0 Å². The minimum atomic E-state index is -0.264. The van der Waals surface area contributed by atoms with Crippen LogP contribution in [0.1, 0.15) is 23.2 Å². The van der Waals surface area contributed by atoms with Crippen LogP contribution in [0, 0.1) is 0 Å². The van der Waals surface area contributed by atoms with Gasteiger partial charge in [-0.1, -0.05) is 15.9 Å². The smallest absolute Gasteiger partial charge is 0.252 e. The van der Waals surface area contributed by atoms with Crippen molar-refractivity contribution < 1.29 is 9.59 Å². The average molecular weight is 376 g/mol. The van der Waals surface area contributed by atoms with Gasteiger partial charge >= 0.3 is 0 Å². The summed E-state index contributed by atoms with van der Waals surface area (Å²) < 4.78 is 1.58. The Labute approximate surface area is 122 Å². The fourth-order valence-electron chi connectivity index (χ4n) is 1.44. The molecule has 0 unspecified atom stereocenters. The molecule has 1 aromatic rings. The van der Waals surface area contributed by atoms with Crippen LogP contribution in [0.3, 0.4) is 0 Å². The topological polar surface area (TPSA) is 58.2 Å². The summed E-state index contributed by atoms with van der Waals surface area (Å²) in [4.78, 5) is 23.3. The van der Waals surface area contributed by atoms with E-state index < -0.39 is 0 Å². The van der Waals surface area contributed by atoms with Gasteiger partial charge in [0, 0.05) is 15.0 Å². The third-order valence-electron chi connectivity index (χ3n) is 2.53. The second-order valence-electron chi connectivity index (χ2n) is 4.15. The first-order valence-electron chi connectivity index (χ1n) is 5.59. The molecule has 1 aliphatic carbocycles. The Morgan fingerprint density at radius 1 is 1.28 bits per heavy atom. The van der Waals surface area contributed by atoms with Crippen molar-refractivity contribution in [3.05, 3.63) is 32.7 Å². The van der Waals surface area contributed by atoms with E-state index in [1.165, 1.54) is 0 Å². The maximum absolute atomic E-state index is 11.8. The minimum absolute atomic E-state index is 0.0117. The highest BCUT2D eigenvalue weighted by atomic mass is 79.9. The number of hydrogen-bond donors (Lipinski definition) is 2. The van der Waals surface area contributed by atoms with Crippen LogP contribution < -0.4 is 10.6 Å². The molecule has 18 heavy (non-hydrogen) atoms. The first kappa shape index (κ1) is 13.5. The van der Waals surface area contributed by atoms with E-state index in [9.17, 15) is 9.59 Å². The van der Waals surface area contributed by atoms with E-state index in [2.05, 4.69) is 42.5 Å². The van der Waals surface area contributed by atoms with Crippen LogP contribution in [0.25, 0.3) is 0 Å². The van der Waals surface area contributed by atoms with Crippen molar-refractivity contribution >= 4 is 43.7 Å². The summed E-state index contributed by atoms with van der Waals surface area (Å²) >= 11 is 6.63. The lowest BCUT2D eigenvalue weighted by atomic mass is 10.2. The molecule has 96 valence electrons. The standard InChI is InChI=1S/C12H12Br2N2O2/c13-7-1-4-9(10(14)5-7)12(18)15-6-11(17)16-8-2-3-8/h1,4-5,8H,2-3,6H2,(H,15,18)(H,16,17). The molecule has 1 aromatic carbocycles. The molecule has 4 nitrogen and oxygen atoms in total. The molecule has 2 rings (SSSR count). The van der Waals surface area contributed by atoms with Gasteiger partial charge in [0.05, 0.1) is 12.1 Å². The van der Waals surface area contributed by atoms with Gasteiger partial charge in [-0.05, 0) is 47.0 Å². The first-order valence-corrected chi connectivity index (χ1v) is 7.17. The second-order valence-corrected chi connectivity index (χ2v) is 5.92. The molecule has 0 radical (unpaired) electrons. The number of nitrogens with one attached hydrogen (secondary N) is 2. The van der Waals surface area contributed by atoms with Gasteiger partial charge in [-0.3, -0.25) is 9.59 Å². The third-order valence-corrected chi connectivity index (χ3v) is 3.68. The van der Waals surface area contributed by atoms with Crippen LogP contribution in [-0.4, -0.2) is 24.4 Å². The van der Waals surface area contributed by atoms with E-state index in [0.717, 1.165) is 17.3 Å². The zero-order chi connectivity index (χ0) is 13.1. The Balaban J connectivity index is 1.88. The highest BCUT2D eigenvalue weighted by Crippen LogP contribution is 2.21. The Hall–Kier alpha value is -0.880. The largest absolute Gasteiger partial charge is 0.352 e. The molecule has 0 saturated heterocycles. The number of hydrogen-bond acceptors (Lipinski definition) is 2. The summed E-state index contributed by atoms with van der Waals surface area (Å²) in [6.45, 7) is 0.0117. The maximum atomic E-state index is 11.8. The monoisotopic (exact) mass is 374 g/mol. The summed E-state index contributed by atoms with van der Waals surface area (Å²) in [5.74, 6) is -0.403. The van der Waals surface area contributed by atoms with Gasteiger partial charge < -0.3 is 10.6 Å². The predicted octanol–water partition coefficient (Wildman–Crippen LogP) is 2.22. The van der Waals surface area contributed by atoms with E-state index in [-0.39, 0.29) is 18.4 Å². The highest BCUT2D eigenvalue weighted by molar-refractivity contribution is 9.11. The van der Waals surface area contributed by atoms with Crippen LogP contribution >= 0.6 is 31.9 Å². The Kier molecular flexibility index (Phi) is 4.40. The minimum Gasteiger partial charge on any atom is -0.352 e. The van der Waals surface area contributed by atoms with Crippen LogP contribution in [0.15, 0.2) is 27.1 Å². The molecule has 0 aliphatic heterocycles. The quantitative estimate of drug-likeness (QED) is 0.847. The second kappa shape index (κ2) is 5.84. The fourth-order valence-corrected chi connectivity index (χ4v) is 2.66. The Morgan fingerprint density at radius 2 is 2.00 bits per heavy atom. The number of halogens is 2. The average Bonchev–Trinajstić information content (AvgIpc) is 3.10. The maximum Gasteiger partial charge on any atom is 0.252 e. The molecule has 1 aliphatic rings. The molecule has 0 aromatic heterocycles. The number of carbonyl (C=O) groups excluding carboxylic acids is 2. The zero-order valence-corrected chi connectivity index (χ0v) is 12.7. The van der Waals surface area contributed by atoms with Gasteiger partial charge in [-0.15, -0.1) is 0 Å². The van der Waals surface area contributed by atoms with Crippen molar-refractivity contribution in [2.75, 3.05) is 6.54 Å². The Bertz CT molecular complexity index is 487. The highest BCUT2D eigenvalue weighted by Gasteiger charge is 2.23. The molecule has 0 bridgehead atoms. The van der Waals surface area contributed by atoms with Gasteiger partial charge in [-0.2, -0.15) is 0 Å². The van der Waals surface area contributed by atoms with Crippen molar-refractivity contribution in [1.29, 1.82) is 0 Å². The summed E-state index contributed by atoms with van der Waals surface area (Å²) in [5, 5.41) is 5.41. The third kappa shape index (κ3) is 3.81. The molecule has 1 fully saturated rings. The van der Waals surface area contributed by atoms with Gasteiger partial charge in [0.15, 0.2) is 0 Å². The SMILES string of the molecule is O=C(CNC(=O)c1ccc(Br)cc1Br)NC1CC1. The molecule has 6 heteroatoms. The lowest BCUT2D eigenvalue weighted by Crippen LogP contribution is -2.37. The summed E-state index contributed by atoms with van der Waals surface area (Å²) in [6.07, 6.45) is 2.08. The molecule has 0 spiro atoms. The summed E-state index contributed by atoms with van der Waals surface area (Å²) in [7, 11) is 0. The molecule has 1 saturated carbocycles. The Morgan fingerprint density at radius 3 is 2.61 bits per heavy atom. The van der Waals surface area contributed by atoms with E-state index in [0.29, 0.717) is 16.1 Å². The van der Waals surface area contributed by atoms with E-state index in [1.54, 1.807) is 18.2 Å². The van der Waals surface area contributed by atoms with E-state index >= 15 is 0 Å². The molecular formula is C12H12Br2N2O2. The van der Waals surface area contributed by atoms with Gasteiger partial charge in [0.2, 0.25) is 5.91 Å². The molecule has 0 atom stereocenters. The molecule has 2 amide bonds. The van der Waals surface area contributed by atoms with Crippen molar-refractivity contribution in [1.82, 2.24) is 10.6 Å². The zero-order valence-electron chi connectivity index (χ0n) is 9.50. The number of carbonyl (C=O) groups is 2. The van der Waals surface area contributed by atoms with Crippen LogP contribution in [0.5, 0.6) is 0 Å². The van der Waals surface area contributed by atoms with Crippen molar-refractivity contribution in [3.8, 4) is 0 Å². The van der Waals surface area contributed by atoms with Crippen molar-refractivity contribution in [2.24, 2.45) is 0 Å². The van der Waals surface area contributed by atoms with E-state index in [1.807, 2.05) is 0 Å². The van der Waals surface area contributed by atoms with Crippen LogP contribution in [0.4, 0.5) is 0 Å². The lowest BCUT2D eigenvalue weighted by molar-refractivity contribution is -0.120. The van der Waals surface area contributed by atoms with Crippen LogP contribution in [-0.2, 0) is 4.79 Å². The molecular weight excluding hydrogens is 364 g/mol. The molecule has 2 N–H and O–H groups in total. The van der Waals surface area contributed by atoms with Gasteiger partial charge in [0.1, 0.15) is 0 Å². The first-order chi connectivity index (χ1) is 8.56. The van der Waals surface area contributed by atoms with Gasteiger partial charge in [0.25, 0.3) is 5.91 Å². The molecule has 0 heterocycles. The number of rotatable bonds is 4. The number of benzene rings is 1. The van der Waals surface area contributed by atoms with Crippen LogP contribution in [0.2, 0.25) is 0 Å². The lowest BCUT2D eigenvalue weighted by Gasteiger charge is -2.07. The summed E-state index contributed by atoms with van der Waals surface area (Å²) in [6, 6.07) is 5.58.